The van der Waals surface area contributed by atoms with Crippen LogP contribution in [0.1, 0.15) is 42.7 Å². The van der Waals surface area contributed by atoms with Crippen molar-refractivity contribution < 1.29 is 4.79 Å². The molecule has 0 radical (unpaired) electrons. The summed E-state index contributed by atoms with van der Waals surface area (Å²) in [5.74, 6) is 0.963. The number of carbonyl (C=O) groups excluding carboxylic acids is 1. The lowest BCUT2D eigenvalue weighted by molar-refractivity contribution is -0.129. The molecule has 130 valence electrons. The predicted molar refractivity (Wildman–Crippen MR) is 103 cm³/mol. The molecule has 2 aromatic carbocycles. The topological polar surface area (TPSA) is 20.3 Å². The third kappa shape index (κ3) is 4.39. The molecule has 1 fully saturated rings. The number of hydrogen-bond donors (Lipinski definition) is 0. The molecule has 2 heteroatoms. The molecule has 0 N–H and O–H groups in total. The molecule has 2 aliphatic carbocycles. The van der Waals surface area contributed by atoms with Crippen LogP contribution in [0.3, 0.4) is 0 Å². The summed E-state index contributed by atoms with van der Waals surface area (Å²) in [7, 11) is 3.59. The lowest BCUT2D eigenvalue weighted by Crippen LogP contribution is -2.28. The van der Waals surface area contributed by atoms with E-state index < -0.39 is 0 Å². The van der Waals surface area contributed by atoms with Gasteiger partial charge in [-0.05, 0) is 42.7 Å². The van der Waals surface area contributed by atoms with Gasteiger partial charge in [0.05, 0.1) is 5.92 Å². The van der Waals surface area contributed by atoms with E-state index in [-0.39, 0.29) is 11.8 Å². The summed E-state index contributed by atoms with van der Waals surface area (Å²) in [5, 5.41) is 0. The lowest BCUT2D eigenvalue weighted by Gasteiger charge is -2.21. The Morgan fingerprint density at radius 1 is 0.960 bits per heavy atom. The van der Waals surface area contributed by atoms with E-state index in [9.17, 15) is 4.79 Å². The van der Waals surface area contributed by atoms with Crippen molar-refractivity contribution in [1.82, 2.24) is 4.90 Å². The fourth-order valence-electron chi connectivity index (χ4n) is 3.71. The van der Waals surface area contributed by atoms with Crippen molar-refractivity contribution in [2.24, 2.45) is 5.92 Å². The highest BCUT2D eigenvalue weighted by atomic mass is 16.2. The van der Waals surface area contributed by atoms with E-state index in [4.69, 9.17) is 0 Å². The Morgan fingerprint density at radius 2 is 1.52 bits per heavy atom. The smallest absolute Gasteiger partial charge is 0.234 e. The normalized spacial score (nSPS) is 17.7. The molecule has 2 nitrogen and oxygen atoms in total. The van der Waals surface area contributed by atoms with Gasteiger partial charge in [-0.3, -0.25) is 4.79 Å². The van der Waals surface area contributed by atoms with Gasteiger partial charge in [-0.2, -0.15) is 0 Å². The minimum absolute atomic E-state index is 0.104. The van der Waals surface area contributed by atoms with Gasteiger partial charge in [0.1, 0.15) is 0 Å². The summed E-state index contributed by atoms with van der Waals surface area (Å²) in [6.07, 6.45) is 8.18. The SMILES string of the molecule is C1=C2CCC(C1)C2.CN(C)C(=O)C(c1ccccc1)c1ccccc1. The van der Waals surface area contributed by atoms with Gasteiger partial charge in [-0.15, -0.1) is 0 Å². The van der Waals surface area contributed by atoms with Gasteiger partial charge in [0, 0.05) is 14.1 Å². The third-order valence-electron chi connectivity index (χ3n) is 5.12. The standard InChI is InChI=1S/C16H17NO.C7H10/c1-17(2)16(18)15(13-9-5-3-6-10-13)14-11-7-4-8-12-14;1-2-7-4-3-6(1)5-7/h3-12,15H,1-2H3;1,7H,2-5H2. The number of hydrogen-bond acceptors (Lipinski definition) is 1. The second kappa shape index (κ2) is 8.15. The highest BCUT2D eigenvalue weighted by Crippen LogP contribution is 2.38. The maximum absolute atomic E-state index is 12.4. The van der Waals surface area contributed by atoms with E-state index in [0.717, 1.165) is 17.0 Å². The number of rotatable bonds is 3. The average Bonchev–Trinajstić information content (AvgIpc) is 3.30. The van der Waals surface area contributed by atoms with E-state index >= 15 is 0 Å². The quantitative estimate of drug-likeness (QED) is 0.722. The van der Waals surface area contributed by atoms with Gasteiger partial charge < -0.3 is 4.90 Å². The Morgan fingerprint density at radius 3 is 1.80 bits per heavy atom. The number of fused-ring (bicyclic) bond motifs is 2. The first kappa shape index (κ1) is 17.5. The summed E-state index contributed by atoms with van der Waals surface area (Å²) >= 11 is 0. The molecule has 1 amide bonds. The van der Waals surface area contributed by atoms with Crippen molar-refractivity contribution in [3.8, 4) is 0 Å². The van der Waals surface area contributed by atoms with Crippen molar-refractivity contribution >= 4 is 5.91 Å². The molecule has 2 aromatic rings. The number of nitrogens with zero attached hydrogens (tertiary/aromatic N) is 1. The van der Waals surface area contributed by atoms with E-state index in [1.165, 1.54) is 25.7 Å². The maximum Gasteiger partial charge on any atom is 0.234 e. The maximum atomic E-state index is 12.4. The van der Waals surface area contributed by atoms with Crippen molar-refractivity contribution in [2.75, 3.05) is 14.1 Å². The highest BCUT2D eigenvalue weighted by molar-refractivity contribution is 5.86. The zero-order valence-electron chi connectivity index (χ0n) is 15.2. The highest BCUT2D eigenvalue weighted by Gasteiger charge is 2.24. The summed E-state index contributed by atoms with van der Waals surface area (Å²) in [4.78, 5) is 14.0. The number of allylic oxidation sites excluding steroid dienone is 2. The minimum atomic E-state index is -0.220. The van der Waals surface area contributed by atoms with Crippen LogP contribution in [0.2, 0.25) is 0 Å². The lowest BCUT2D eigenvalue weighted by atomic mass is 9.90. The van der Waals surface area contributed by atoms with E-state index in [1.54, 1.807) is 24.6 Å². The van der Waals surface area contributed by atoms with Crippen LogP contribution < -0.4 is 0 Å². The Balaban J connectivity index is 0.000000213. The summed E-state index contributed by atoms with van der Waals surface area (Å²) in [5.41, 5.74) is 3.80. The fraction of sp³-hybridized carbons (Fsp3) is 0.348. The first-order valence-electron chi connectivity index (χ1n) is 9.14. The fourth-order valence-corrected chi connectivity index (χ4v) is 3.71. The van der Waals surface area contributed by atoms with Crippen molar-refractivity contribution in [1.29, 1.82) is 0 Å². The van der Waals surface area contributed by atoms with Crippen LogP contribution in [0.5, 0.6) is 0 Å². The van der Waals surface area contributed by atoms with Gasteiger partial charge >= 0.3 is 0 Å². The summed E-state index contributed by atoms with van der Waals surface area (Å²) < 4.78 is 0. The molecule has 2 aliphatic rings. The summed E-state index contributed by atoms with van der Waals surface area (Å²) in [6.45, 7) is 0. The van der Waals surface area contributed by atoms with E-state index in [2.05, 4.69) is 6.08 Å². The molecule has 1 saturated carbocycles. The minimum Gasteiger partial charge on any atom is -0.348 e. The number of likely N-dealkylation sites (N-methyl/N-ethyl adjacent to an activating group) is 1. The van der Waals surface area contributed by atoms with Gasteiger partial charge in [-0.25, -0.2) is 0 Å². The number of carbonyl (C=O) groups is 1. The van der Waals surface area contributed by atoms with Crippen LogP contribution >= 0.6 is 0 Å². The molecule has 0 aromatic heterocycles. The van der Waals surface area contributed by atoms with Crippen molar-refractivity contribution in [3.05, 3.63) is 83.4 Å². The molecule has 1 atom stereocenters. The van der Waals surface area contributed by atoms with Gasteiger partial charge in [0.25, 0.3) is 0 Å². The molecular formula is C23H27NO. The Hall–Kier alpha value is -2.35. The van der Waals surface area contributed by atoms with Gasteiger partial charge in [0.2, 0.25) is 5.91 Å². The Labute approximate surface area is 151 Å². The molecule has 0 spiro atoms. The number of benzene rings is 2. The Bertz CT molecular complexity index is 679. The molecule has 0 aliphatic heterocycles. The summed E-state index contributed by atoms with van der Waals surface area (Å²) in [6, 6.07) is 19.8. The van der Waals surface area contributed by atoms with Crippen LogP contribution in [-0.4, -0.2) is 24.9 Å². The largest absolute Gasteiger partial charge is 0.348 e. The van der Waals surface area contributed by atoms with Gasteiger partial charge in [-0.1, -0.05) is 72.3 Å². The second-order valence-corrected chi connectivity index (χ2v) is 7.19. The van der Waals surface area contributed by atoms with Crippen molar-refractivity contribution in [2.45, 2.75) is 31.6 Å². The molecule has 25 heavy (non-hydrogen) atoms. The average molecular weight is 333 g/mol. The zero-order valence-corrected chi connectivity index (χ0v) is 15.2. The van der Waals surface area contributed by atoms with Crippen LogP contribution in [0.25, 0.3) is 0 Å². The molecule has 0 heterocycles. The predicted octanol–water partition coefficient (Wildman–Crippen LogP) is 5.02. The van der Waals surface area contributed by atoms with Gasteiger partial charge in [0.15, 0.2) is 0 Å². The monoisotopic (exact) mass is 333 g/mol. The van der Waals surface area contributed by atoms with Crippen LogP contribution in [0.15, 0.2) is 72.3 Å². The van der Waals surface area contributed by atoms with E-state index in [0.29, 0.717) is 0 Å². The third-order valence-corrected chi connectivity index (χ3v) is 5.12. The van der Waals surface area contributed by atoms with Crippen LogP contribution in [0, 0.1) is 5.92 Å². The molecule has 2 bridgehead atoms. The van der Waals surface area contributed by atoms with Crippen LogP contribution in [-0.2, 0) is 4.79 Å². The molecule has 1 unspecified atom stereocenters. The first-order valence-corrected chi connectivity index (χ1v) is 9.14. The molecular weight excluding hydrogens is 306 g/mol. The first-order chi connectivity index (χ1) is 12.1. The van der Waals surface area contributed by atoms with Crippen LogP contribution in [0.4, 0.5) is 0 Å². The molecule has 4 rings (SSSR count). The molecule has 0 saturated heterocycles. The Kier molecular flexibility index (Phi) is 5.70. The van der Waals surface area contributed by atoms with Crippen molar-refractivity contribution in [3.63, 3.8) is 0 Å². The second-order valence-electron chi connectivity index (χ2n) is 7.19. The number of amides is 1. The van der Waals surface area contributed by atoms with E-state index in [1.807, 2.05) is 60.7 Å². The zero-order chi connectivity index (χ0) is 17.6.